The first-order valence-electron chi connectivity index (χ1n) is 0. The summed E-state index contributed by atoms with van der Waals surface area (Å²) in [5.74, 6) is 0. The fraction of sp³-hybridized carbons (Fsp3) is 0. The van der Waals surface area contributed by atoms with Gasteiger partial charge in [-0.2, -0.15) is 0 Å². The maximum atomic E-state index is 0. The van der Waals surface area contributed by atoms with Gasteiger partial charge in [-0.25, -0.2) is 0 Å². The minimum absolute atomic E-state index is 0. The molecule has 0 aliphatic rings. The monoisotopic (exact) mass is 252 g/mol. The van der Waals surface area contributed by atoms with E-state index in [4.69, 9.17) is 0 Å². The Hall–Kier alpha value is 3.06. The summed E-state index contributed by atoms with van der Waals surface area (Å²) >= 11 is 0. The quantitative estimate of drug-likeness (QED) is 0.496. The Balaban J connectivity index is 0. The van der Waals surface area contributed by atoms with E-state index < -0.39 is 0 Å². The molecule has 0 fully saturated rings. The van der Waals surface area contributed by atoms with E-state index in [0.29, 0.717) is 0 Å². The van der Waals surface area contributed by atoms with Crippen molar-refractivity contribution in [2.45, 2.75) is 0 Å². The largest absolute Gasteiger partial charge is 2.00 e. The maximum Gasteiger partial charge on any atom is 2.00 e. The van der Waals surface area contributed by atoms with Gasteiger partial charge < -0.3 is 8.33 Å². The molecule has 0 aromatic carbocycles. The van der Waals surface area contributed by atoms with E-state index in [-0.39, 0.29) is 104 Å². The summed E-state index contributed by atoms with van der Waals surface area (Å²) in [4.78, 5) is 0. The van der Waals surface area contributed by atoms with Gasteiger partial charge in [-0.15, -0.1) is 0 Å². The second kappa shape index (κ2) is 16.6. The molecule has 0 spiro atoms. The molecule has 2 radical (unpaired) electrons. The van der Waals surface area contributed by atoms with Crippen LogP contribution in [0.5, 0.6) is 0 Å². The van der Waals surface area contributed by atoms with E-state index in [1.807, 2.05) is 0 Å². The summed E-state index contributed by atoms with van der Waals surface area (Å²) in [5, 5.41) is 0. The van der Waals surface area contributed by atoms with Gasteiger partial charge in [-0.3, -0.25) is 0 Å². The van der Waals surface area contributed by atoms with Gasteiger partial charge in [0.1, 0.15) is 0 Å². The van der Waals surface area contributed by atoms with E-state index in [9.17, 15) is 0 Å². The summed E-state index contributed by atoms with van der Waals surface area (Å²) in [6.07, 6.45) is 0. The zero-order chi connectivity index (χ0) is 0. The maximum absolute atomic E-state index is 0. The van der Waals surface area contributed by atoms with E-state index in [1.54, 1.807) is 0 Å². The third-order valence-electron chi connectivity index (χ3n) is 0. The molecular weight excluding hydrogens is 247 g/mol. The molecule has 0 unspecified atom stereocenters. The van der Waals surface area contributed by atoms with E-state index in [0.717, 1.165) is 0 Å². The van der Waals surface area contributed by atoms with Gasteiger partial charge in [0.15, 0.2) is 0 Å². The number of hydrogen-bond acceptors (Lipinski definition) is 0. The molecule has 0 saturated carbocycles. The van der Waals surface area contributed by atoms with Crippen LogP contribution in [0.3, 0.4) is 0 Å². The average Bonchev–Trinajstić information content (AvgIpc) is 0. The normalized spacial score (nSPS) is 0. The van der Waals surface area contributed by atoms with Gasteiger partial charge in [0, 0.05) is 49.8 Å². The zero-order valence-corrected chi connectivity index (χ0v) is 9.66. The van der Waals surface area contributed by atoms with Crippen molar-refractivity contribution in [1.29, 1.82) is 0 Å². The first-order chi connectivity index (χ1) is 0. The van der Waals surface area contributed by atoms with Crippen LogP contribution in [0.25, 0.3) is 0 Å². The number of hydrogen-bond donors (Lipinski definition) is 0. The molecule has 0 atom stereocenters. The second-order valence-corrected chi connectivity index (χ2v) is 0. The predicted octanol–water partition coefficient (Wildman–Crippen LogP) is -0.986. The molecular formula is H4MnOSrY. The van der Waals surface area contributed by atoms with Gasteiger partial charge in [-0.05, 0) is 0 Å². The third-order valence-corrected chi connectivity index (χ3v) is 0. The Morgan fingerprint density at radius 1 is 1.25 bits per heavy atom. The van der Waals surface area contributed by atoms with Gasteiger partial charge in [0.05, 0.1) is 0 Å². The fourth-order valence-corrected chi connectivity index (χ4v) is 0. The van der Waals surface area contributed by atoms with Gasteiger partial charge >= 0.3 is 45.5 Å². The van der Waals surface area contributed by atoms with Crippen LogP contribution < -0.4 is 0 Å². The standard InChI is InChI=1S/Mn.H2O.Sr.Y.2H/h;1H2;;;;/q;;+2;;2*-1. The summed E-state index contributed by atoms with van der Waals surface area (Å²) in [6.45, 7) is 0. The molecule has 22 valence electrons. The van der Waals surface area contributed by atoms with Crippen LogP contribution in [-0.4, -0.2) is 51.0 Å². The summed E-state index contributed by atoms with van der Waals surface area (Å²) in [6, 6.07) is 0. The van der Waals surface area contributed by atoms with Crippen molar-refractivity contribution < 1.29 is 58.1 Å². The minimum Gasteiger partial charge on any atom is -1.00 e. The molecule has 0 aromatic rings. The van der Waals surface area contributed by atoms with Gasteiger partial charge in [0.25, 0.3) is 0 Å². The zero-order valence-electron chi connectivity index (χ0n) is 4.16. The Labute approximate surface area is 101 Å². The molecule has 4 heavy (non-hydrogen) atoms. The smallest absolute Gasteiger partial charge is 1.00 e. The van der Waals surface area contributed by atoms with Crippen LogP contribution in [0.15, 0.2) is 0 Å². The molecule has 0 saturated heterocycles. The molecule has 4 heteroatoms. The minimum atomic E-state index is 0. The van der Waals surface area contributed by atoms with Crippen LogP contribution in [0.1, 0.15) is 2.85 Å². The Morgan fingerprint density at radius 2 is 1.25 bits per heavy atom. The van der Waals surface area contributed by atoms with Crippen molar-refractivity contribution in [3.8, 4) is 0 Å². The van der Waals surface area contributed by atoms with Crippen LogP contribution in [0, 0.1) is 0 Å². The van der Waals surface area contributed by atoms with Gasteiger partial charge in [0.2, 0.25) is 0 Å². The molecule has 0 heterocycles. The van der Waals surface area contributed by atoms with Crippen LogP contribution >= 0.6 is 0 Å². The predicted molar refractivity (Wildman–Crippen MR) is 11.6 cm³/mol. The Bertz CT molecular complexity index is 13.5. The van der Waals surface area contributed by atoms with Gasteiger partial charge in [-0.1, -0.05) is 0 Å². The van der Waals surface area contributed by atoms with Crippen molar-refractivity contribution in [3.63, 3.8) is 0 Å². The molecule has 0 amide bonds. The third kappa shape index (κ3) is 8.91. The van der Waals surface area contributed by atoms with Crippen LogP contribution in [0.4, 0.5) is 0 Å². The first kappa shape index (κ1) is 27.7. The molecule has 0 aliphatic carbocycles. The van der Waals surface area contributed by atoms with E-state index in [2.05, 4.69) is 0 Å². The average molecular weight is 251 g/mol. The van der Waals surface area contributed by atoms with E-state index >= 15 is 0 Å². The van der Waals surface area contributed by atoms with Crippen molar-refractivity contribution in [1.82, 2.24) is 0 Å². The topological polar surface area (TPSA) is 31.5 Å². The van der Waals surface area contributed by atoms with Crippen LogP contribution in [-0.2, 0) is 49.8 Å². The van der Waals surface area contributed by atoms with Crippen molar-refractivity contribution in [2.75, 3.05) is 0 Å². The molecule has 1 nitrogen and oxygen atoms in total. The first-order valence-corrected chi connectivity index (χ1v) is 0. The Morgan fingerprint density at radius 3 is 1.25 bits per heavy atom. The summed E-state index contributed by atoms with van der Waals surface area (Å²) < 4.78 is 0. The van der Waals surface area contributed by atoms with Crippen molar-refractivity contribution in [2.24, 2.45) is 0 Å². The summed E-state index contributed by atoms with van der Waals surface area (Å²) in [7, 11) is 0. The second-order valence-electron chi connectivity index (χ2n) is 0. The SMILES string of the molecule is O.[H-].[H-].[Mn].[Sr+2].[Y]. The fourth-order valence-electron chi connectivity index (χ4n) is 0. The van der Waals surface area contributed by atoms with Crippen LogP contribution in [0.2, 0.25) is 0 Å². The number of rotatable bonds is 0. The Kier molecular flexibility index (Phi) is 115. The molecule has 0 bridgehead atoms. The van der Waals surface area contributed by atoms with Crippen molar-refractivity contribution >= 4 is 45.5 Å². The van der Waals surface area contributed by atoms with E-state index in [1.165, 1.54) is 0 Å². The molecule has 0 rings (SSSR count). The molecule has 0 aromatic heterocycles. The van der Waals surface area contributed by atoms with Crippen molar-refractivity contribution in [3.05, 3.63) is 0 Å². The molecule has 2 N–H and O–H groups in total. The summed E-state index contributed by atoms with van der Waals surface area (Å²) in [5.41, 5.74) is 0. The molecule has 0 aliphatic heterocycles.